The minimum Gasteiger partial charge on any atom is -0.468 e. The van der Waals surface area contributed by atoms with Crippen LogP contribution in [0.25, 0.3) is 0 Å². The SMILES string of the molecule is O=C(CNCc1ccco1)Nc1ccc(F)c(F)c1F. The lowest BCUT2D eigenvalue weighted by Crippen LogP contribution is -2.28. The zero-order valence-electron chi connectivity index (χ0n) is 10.3. The molecule has 0 spiro atoms. The smallest absolute Gasteiger partial charge is 0.238 e. The van der Waals surface area contributed by atoms with Crippen LogP contribution in [0.3, 0.4) is 0 Å². The number of nitrogens with one attached hydrogen (secondary N) is 2. The number of carbonyl (C=O) groups is 1. The molecule has 20 heavy (non-hydrogen) atoms. The van der Waals surface area contributed by atoms with Gasteiger partial charge in [-0.15, -0.1) is 0 Å². The van der Waals surface area contributed by atoms with E-state index in [4.69, 9.17) is 4.42 Å². The molecule has 0 saturated heterocycles. The van der Waals surface area contributed by atoms with E-state index in [9.17, 15) is 18.0 Å². The number of amides is 1. The summed E-state index contributed by atoms with van der Waals surface area (Å²) >= 11 is 0. The molecule has 0 atom stereocenters. The fraction of sp³-hybridized carbons (Fsp3) is 0.154. The van der Waals surface area contributed by atoms with E-state index >= 15 is 0 Å². The van der Waals surface area contributed by atoms with Crippen LogP contribution in [0.1, 0.15) is 5.76 Å². The second-order valence-electron chi connectivity index (χ2n) is 3.95. The van der Waals surface area contributed by atoms with Crippen LogP contribution >= 0.6 is 0 Å². The van der Waals surface area contributed by atoms with Gasteiger partial charge in [0, 0.05) is 0 Å². The maximum atomic E-state index is 13.3. The summed E-state index contributed by atoms with van der Waals surface area (Å²) < 4.78 is 44.0. The molecule has 0 fully saturated rings. The number of halogens is 3. The van der Waals surface area contributed by atoms with Crippen molar-refractivity contribution in [2.75, 3.05) is 11.9 Å². The Bertz CT molecular complexity index is 600. The zero-order valence-corrected chi connectivity index (χ0v) is 10.3. The van der Waals surface area contributed by atoms with Crippen molar-refractivity contribution in [2.45, 2.75) is 6.54 Å². The van der Waals surface area contributed by atoms with Gasteiger partial charge < -0.3 is 15.1 Å². The number of anilines is 1. The minimum absolute atomic E-state index is 0.126. The summed E-state index contributed by atoms with van der Waals surface area (Å²) in [7, 11) is 0. The van der Waals surface area contributed by atoms with Crippen LogP contribution in [0.2, 0.25) is 0 Å². The van der Waals surface area contributed by atoms with Gasteiger partial charge in [-0.2, -0.15) is 0 Å². The first-order valence-corrected chi connectivity index (χ1v) is 5.74. The number of hydrogen-bond donors (Lipinski definition) is 2. The van der Waals surface area contributed by atoms with Gasteiger partial charge in [-0.1, -0.05) is 0 Å². The van der Waals surface area contributed by atoms with Gasteiger partial charge in [-0.05, 0) is 24.3 Å². The fourth-order valence-electron chi connectivity index (χ4n) is 1.53. The molecule has 0 aliphatic heterocycles. The predicted molar refractivity (Wildman–Crippen MR) is 65.4 cm³/mol. The van der Waals surface area contributed by atoms with Crippen molar-refractivity contribution in [1.29, 1.82) is 0 Å². The van der Waals surface area contributed by atoms with Crippen molar-refractivity contribution < 1.29 is 22.4 Å². The van der Waals surface area contributed by atoms with E-state index in [1.54, 1.807) is 12.1 Å². The Balaban J connectivity index is 1.87. The number of furan rings is 1. The third-order valence-corrected chi connectivity index (χ3v) is 2.47. The topological polar surface area (TPSA) is 54.3 Å². The van der Waals surface area contributed by atoms with Crippen LogP contribution in [0.5, 0.6) is 0 Å². The lowest BCUT2D eigenvalue weighted by atomic mass is 10.2. The number of rotatable bonds is 5. The van der Waals surface area contributed by atoms with E-state index in [0.29, 0.717) is 12.3 Å². The number of benzene rings is 1. The first-order valence-electron chi connectivity index (χ1n) is 5.74. The molecule has 1 amide bonds. The highest BCUT2D eigenvalue weighted by Gasteiger charge is 2.14. The van der Waals surface area contributed by atoms with E-state index in [-0.39, 0.29) is 6.54 Å². The Morgan fingerprint density at radius 1 is 1.15 bits per heavy atom. The van der Waals surface area contributed by atoms with E-state index in [2.05, 4.69) is 10.6 Å². The van der Waals surface area contributed by atoms with E-state index in [1.807, 2.05) is 0 Å². The van der Waals surface area contributed by atoms with Gasteiger partial charge >= 0.3 is 0 Å². The molecule has 2 rings (SSSR count). The minimum atomic E-state index is -1.62. The van der Waals surface area contributed by atoms with Crippen molar-refractivity contribution in [2.24, 2.45) is 0 Å². The van der Waals surface area contributed by atoms with E-state index < -0.39 is 29.0 Å². The fourth-order valence-corrected chi connectivity index (χ4v) is 1.53. The third-order valence-electron chi connectivity index (χ3n) is 2.47. The molecule has 1 aromatic heterocycles. The second kappa shape index (κ2) is 6.25. The molecule has 0 bridgehead atoms. The van der Waals surface area contributed by atoms with Crippen molar-refractivity contribution in [3.63, 3.8) is 0 Å². The molecule has 2 aromatic rings. The summed E-state index contributed by atoms with van der Waals surface area (Å²) in [6, 6.07) is 5.12. The Morgan fingerprint density at radius 2 is 1.95 bits per heavy atom. The highest BCUT2D eigenvalue weighted by Crippen LogP contribution is 2.19. The molecule has 0 aliphatic carbocycles. The van der Waals surface area contributed by atoms with Gasteiger partial charge in [-0.3, -0.25) is 4.79 Å². The first-order chi connectivity index (χ1) is 9.58. The molecule has 4 nitrogen and oxygen atoms in total. The molecule has 0 radical (unpaired) electrons. The average molecular weight is 284 g/mol. The van der Waals surface area contributed by atoms with Gasteiger partial charge in [-0.25, -0.2) is 13.2 Å². The van der Waals surface area contributed by atoms with Crippen LogP contribution < -0.4 is 10.6 Å². The maximum absolute atomic E-state index is 13.3. The second-order valence-corrected chi connectivity index (χ2v) is 3.95. The van der Waals surface area contributed by atoms with Crippen molar-refractivity contribution in [1.82, 2.24) is 5.32 Å². The Morgan fingerprint density at radius 3 is 2.65 bits per heavy atom. The average Bonchev–Trinajstić information content (AvgIpc) is 2.93. The van der Waals surface area contributed by atoms with Crippen LogP contribution in [0.4, 0.5) is 18.9 Å². The van der Waals surface area contributed by atoms with E-state index in [0.717, 1.165) is 12.1 Å². The third kappa shape index (κ3) is 3.39. The molecule has 0 unspecified atom stereocenters. The summed E-state index contributed by atoms with van der Waals surface area (Å²) in [4.78, 5) is 11.5. The normalized spacial score (nSPS) is 10.6. The largest absolute Gasteiger partial charge is 0.468 e. The van der Waals surface area contributed by atoms with Gasteiger partial charge in [0.2, 0.25) is 5.91 Å². The van der Waals surface area contributed by atoms with E-state index in [1.165, 1.54) is 6.26 Å². The standard InChI is InChI=1S/C13H11F3N2O2/c14-9-3-4-10(13(16)12(9)15)18-11(19)7-17-6-8-2-1-5-20-8/h1-5,17H,6-7H2,(H,18,19). The van der Waals surface area contributed by atoms with Gasteiger partial charge in [0.05, 0.1) is 25.0 Å². The summed E-state index contributed by atoms with van der Waals surface area (Å²) in [5.41, 5.74) is -0.409. The molecule has 0 saturated carbocycles. The molecule has 106 valence electrons. The van der Waals surface area contributed by atoms with Gasteiger partial charge in [0.25, 0.3) is 0 Å². The van der Waals surface area contributed by atoms with Gasteiger partial charge in [0.1, 0.15) is 5.76 Å². The summed E-state index contributed by atoms with van der Waals surface area (Å²) in [5.74, 6) is -4.30. The van der Waals surface area contributed by atoms with Crippen molar-refractivity contribution in [3.05, 3.63) is 53.7 Å². The molecular formula is C13H11F3N2O2. The molecular weight excluding hydrogens is 273 g/mol. The molecule has 7 heteroatoms. The van der Waals surface area contributed by atoms with Crippen LogP contribution in [0.15, 0.2) is 34.9 Å². The highest BCUT2D eigenvalue weighted by atomic mass is 19.2. The molecule has 1 aromatic carbocycles. The van der Waals surface area contributed by atoms with Crippen LogP contribution in [-0.2, 0) is 11.3 Å². The molecule has 0 aliphatic rings. The Labute approximate surface area is 112 Å². The van der Waals surface area contributed by atoms with Crippen LogP contribution in [-0.4, -0.2) is 12.5 Å². The zero-order chi connectivity index (χ0) is 14.5. The van der Waals surface area contributed by atoms with Gasteiger partial charge in [0.15, 0.2) is 17.5 Å². The highest BCUT2D eigenvalue weighted by molar-refractivity contribution is 5.92. The summed E-state index contributed by atoms with van der Waals surface area (Å²) in [6.07, 6.45) is 1.49. The Kier molecular flexibility index (Phi) is 4.41. The first kappa shape index (κ1) is 14.1. The molecule has 2 N–H and O–H groups in total. The van der Waals surface area contributed by atoms with Crippen molar-refractivity contribution >= 4 is 11.6 Å². The lowest BCUT2D eigenvalue weighted by molar-refractivity contribution is -0.115. The molecule has 1 heterocycles. The summed E-state index contributed by atoms with van der Waals surface area (Å²) in [6.45, 7) is 0.194. The number of carbonyl (C=O) groups excluding carboxylic acids is 1. The van der Waals surface area contributed by atoms with Crippen LogP contribution in [0, 0.1) is 17.5 Å². The Hall–Kier alpha value is -2.28. The monoisotopic (exact) mass is 284 g/mol. The summed E-state index contributed by atoms with van der Waals surface area (Å²) in [5, 5.41) is 4.90. The predicted octanol–water partition coefficient (Wildman–Crippen LogP) is 2.43. The van der Waals surface area contributed by atoms with Crippen molar-refractivity contribution in [3.8, 4) is 0 Å². The lowest BCUT2D eigenvalue weighted by Gasteiger charge is -2.07. The maximum Gasteiger partial charge on any atom is 0.238 e. The quantitative estimate of drug-likeness (QED) is 0.829. The number of hydrogen-bond acceptors (Lipinski definition) is 3.